The first-order valence-electron chi connectivity index (χ1n) is 7.25. The van der Waals surface area contributed by atoms with Crippen LogP contribution in [-0.2, 0) is 17.9 Å². The fourth-order valence-electron chi connectivity index (χ4n) is 1.97. The van der Waals surface area contributed by atoms with Crippen LogP contribution >= 0.6 is 23.4 Å². The van der Waals surface area contributed by atoms with Gasteiger partial charge in [0.15, 0.2) is 5.16 Å². The molecule has 5 nitrogen and oxygen atoms in total. The SMILES string of the molecule is C=CCn1c(C)nnc1SCCC(=O)NCc1ccccc1Cl. The third-order valence-electron chi connectivity index (χ3n) is 3.21. The quantitative estimate of drug-likeness (QED) is 0.586. The Morgan fingerprint density at radius 2 is 2.22 bits per heavy atom. The molecule has 0 aliphatic carbocycles. The third kappa shape index (κ3) is 5.11. The summed E-state index contributed by atoms with van der Waals surface area (Å²) in [4.78, 5) is 11.9. The molecular weight excluding hydrogens is 332 g/mol. The van der Waals surface area contributed by atoms with E-state index >= 15 is 0 Å². The summed E-state index contributed by atoms with van der Waals surface area (Å²) in [7, 11) is 0. The molecule has 1 N–H and O–H groups in total. The van der Waals surface area contributed by atoms with E-state index in [1.807, 2.05) is 35.8 Å². The first-order chi connectivity index (χ1) is 11.1. The minimum absolute atomic E-state index is 0.0103. The molecule has 0 aliphatic heterocycles. The van der Waals surface area contributed by atoms with Gasteiger partial charge in [0.1, 0.15) is 5.82 Å². The molecule has 2 aromatic rings. The molecule has 122 valence electrons. The summed E-state index contributed by atoms with van der Waals surface area (Å²) in [6.07, 6.45) is 2.21. The number of nitrogens with zero attached hydrogens (tertiary/aromatic N) is 3. The number of hydrogen-bond acceptors (Lipinski definition) is 4. The number of aromatic nitrogens is 3. The molecule has 2 rings (SSSR count). The molecule has 23 heavy (non-hydrogen) atoms. The second kappa shape index (κ2) is 8.74. The van der Waals surface area contributed by atoms with E-state index in [-0.39, 0.29) is 5.91 Å². The number of carbonyl (C=O) groups is 1. The highest BCUT2D eigenvalue weighted by atomic mass is 35.5. The highest BCUT2D eigenvalue weighted by Gasteiger charge is 2.09. The molecule has 7 heteroatoms. The van der Waals surface area contributed by atoms with E-state index < -0.39 is 0 Å². The van der Waals surface area contributed by atoms with Crippen LogP contribution in [0.3, 0.4) is 0 Å². The normalized spacial score (nSPS) is 10.5. The zero-order valence-electron chi connectivity index (χ0n) is 13.0. The summed E-state index contributed by atoms with van der Waals surface area (Å²) in [5.74, 6) is 1.48. The molecule has 1 heterocycles. The van der Waals surface area contributed by atoms with Gasteiger partial charge >= 0.3 is 0 Å². The zero-order valence-corrected chi connectivity index (χ0v) is 14.5. The summed E-state index contributed by atoms with van der Waals surface area (Å²) in [5.41, 5.74) is 0.913. The van der Waals surface area contributed by atoms with E-state index in [9.17, 15) is 4.79 Å². The molecule has 1 amide bonds. The second-order valence-electron chi connectivity index (χ2n) is 4.90. The summed E-state index contributed by atoms with van der Waals surface area (Å²) >= 11 is 7.58. The molecular formula is C16H19ClN4OS. The fraction of sp³-hybridized carbons (Fsp3) is 0.312. The van der Waals surface area contributed by atoms with E-state index in [4.69, 9.17) is 11.6 Å². The number of allylic oxidation sites excluding steroid dienone is 1. The lowest BCUT2D eigenvalue weighted by atomic mass is 10.2. The van der Waals surface area contributed by atoms with Gasteiger partial charge < -0.3 is 9.88 Å². The van der Waals surface area contributed by atoms with Crippen LogP contribution in [0.1, 0.15) is 17.8 Å². The van der Waals surface area contributed by atoms with Crippen LogP contribution < -0.4 is 5.32 Å². The van der Waals surface area contributed by atoms with Gasteiger partial charge in [-0.05, 0) is 18.6 Å². The van der Waals surface area contributed by atoms with Gasteiger partial charge in [-0.1, -0.05) is 47.6 Å². The smallest absolute Gasteiger partial charge is 0.221 e. The Morgan fingerprint density at radius 3 is 2.96 bits per heavy atom. The van der Waals surface area contributed by atoms with Crippen LogP contribution in [0, 0.1) is 6.92 Å². The molecule has 0 fully saturated rings. The molecule has 1 aromatic carbocycles. The lowest BCUT2D eigenvalue weighted by molar-refractivity contribution is -0.120. The van der Waals surface area contributed by atoms with E-state index in [2.05, 4.69) is 22.1 Å². The average molecular weight is 351 g/mol. The van der Waals surface area contributed by atoms with Crippen LogP contribution in [-0.4, -0.2) is 26.4 Å². The molecule has 0 bridgehead atoms. The predicted octanol–water partition coefficient (Wildman–Crippen LogP) is 3.22. The van der Waals surface area contributed by atoms with Gasteiger partial charge in [-0.15, -0.1) is 16.8 Å². The Labute approximate surface area is 145 Å². The van der Waals surface area contributed by atoms with Crippen LogP contribution in [0.15, 0.2) is 42.1 Å². The minimum atomic E-state index is -0.0103. The van der Waals surface area contributed by atoms with Gasteiger partial charge in [0.05, 0.1) is 0 Å². The van der Waals surface area contributed by atoms with Gasteiger partial charge in [-0.2, -0.15) is 0 Å². The minimum Gasteiger partial charge on any atom is -0.352 e. The maximum Gasteiger partial charge on any atom is 0.221 e. The van der Waals surface area contributed by atoms with Gasteiger partial charge in [-0.3, -0.25) is 4.79 Å². The maximum atomic E-state index is 11.9. The van der Waals surface area contributed by atoms with Crippen LogP contribution in [0.5, 0.6) is 0 Å². The number of rotatable bonds is 8. The van der Waals surface area contributed by atoms with E-state index in [0.717, 1.165) is 16.5 Å². The Kier molecular flexibility index (Phi) is 6.67. The number of benzene rings is 1. The number of aryl methyl sites for hydroxylation is 1. The Bertz CT molecular complexity index is 686. The number of hydrogen-bond donors (Lipinski definition) is 1. The lowest BCUT2D eigenvalue weighted by Crippen LogP contribution is -2.23. The fourth-order valence-corrected chi connectivity index (χ4v) is 3.10. The van der Waals surface area contributed by atoms with Crippen LogP contribution in [0.4, 0.5) is 0 Å². The molecule has 0 atom stereocenters. The largest absolute Gasteiger partial charge is 0.352 e. The standard InChI is InChI=1S/C16H19ClN4OS/c1-3-9-21-12(2)19-20-16(21)23-10-8-15(22)18-11-13-6-4-5-7-14(13)17/h3-7H,1,8-11H2,2H3,(H,18,22). The van der Waals surface area contributed by atoms with Crippen molar-refractivity contribution in [2.24, 2.45) is 0 Å². The summed E-state index contributed by atoms with van der Waals surface area (Å²) in [6.45, 7) is 6.73. The van der Waals surface area contributed by atoms with E-state index in [0.29, 0.717) is 30.3 Å². The lowest BCUT2D eigenvalue weighted by Gasteiger charge is -2.07. The highest BCUT2D eigenvalue weighted by Crippen LogP contribution is 2.18. The third-order valence-corrected chi connectivity index (χ3v) is 4.54. The molecule has 0 radical (unpaired) electrons. The Hall–Kier alpha value is -1.79. The van der Waals surface area contributed by atoms with Crippen molar-refractivity contribution < 1.29 is 4.79 Å². The topological polar surface area (TPSA) is 59.8 Å². The monoisotopic (exact) mass is 350 g/mol. The van der Waals surface area contributed by atoms with Crippen molar-refractivity contribution in [1.29, 1.82) is 0 Å². The molecule has 0 unspecified atom stereocenters. The van der Waals surface area contributed by atoms with Gasteiger partial charge in [0, 0.05) is 30.3 Å². The molecule has 1 aromatic heterocycles. The van der Waals surface area contributed by atoms with Crippen molar-refractivity contribution in [2.75, 3.05) is 5.75 Å². The number of halogens is 1. The van der Waals surface area contributed by atoms with Crippen molar-refractivity contribution in [3.8, 4) is 0 Å². The number of thioether (sulfide) groups is 1. The van der Waals surface area contributed by atoms with Crippen molar-refractivity contribution in [2.45, 2.75) is 31.6 Å². The van der Waals surface area contributed by atoms with Gasteiger partial charge in [-0.25, -0.2) is 0 Å². The second-order valence-corrected chi connectivity index (χ2v) is 6.36. The van der Waals surface area contributed by atoms with Crippen molar-refractivity contribution in [3.05, 3.63) is 53.3 Å². The van der Waals surface area contributed by atoms with Crippen LogP contribution in [0.25, 0.3) is 0 Å². The molecule has 0 saturated heterocycles. The first kappa shape index (κ1) is 17.6. The highest BCUT2D eigenvalue weighted by molar-refractivity contribution is 7.99. The summed E-state index contributed by atoms with van der Waals surface area (Å²) in [6, 6.07) is 7.48. The summed E-state index contributed by atoms with van der Waals surface area (Å²) in [5, 5.41) is 12.5. The predicted molar refractivity (Wildman–Crippen MR) is 93.6 cm³/mol. The van der Waals surface area contributed by atoms with Crippen LogP contribution in [0.2, 0.25) is 5.02 Å². The average Bonchev–Trinajstić information content (AvgIpc) is 2.88. The number of amides is 1. The first-order valence-corrected chi connectivity index (χ1v) is 8.61. The van der Waals surface area contributed by atoms with Gasteiger partial charge in [0.2, 0.25) is 5.91 Å². The van der Waals surface area contributed by atoms with E-state index in [1.165, 1.54) is 11.8 Å². The van der Waals surface area contributed by atoms with Crippen molar-refractivity contribution in [1.82, 2.24) is 20.1 Å². The van der Waals surface area contributed by atoms with Gasteiger partial charge in [0.25, 0.3) is 0 Å². The van der Waals surface area contributed by atoms with Crippen molar-refractivity contribution in [3.63, 3.8) is 0 Å². The zero-order chi connectivity index (χ0) is 16.7. The van der Waals surface area contributed by atoms with E-state index in [1.54, 1.807) is 6.08 Å². The Balaban J connectivity index is 1.77. The van der Waals surface area contributed by atoms with Crippen molar-refractivity contribution >= 4 is 29.3 Å². The maximum absolute atomic E-state index is 11.9. The molecule has 0 aliphatic rings. The summed E-state index contributed by atoms with van der Waals surface area (Å²) < 4.78 is 1.97. The molecule has 0 saturated carbocycles. The molecule has 0 spiro atoms. The Morgan fingerprint density at radius 1 is 1.43 bits per heavy atom. The number of nitrogens with one attached hydrogen (secondary N) is 1. The number of carbonyl (C=O) groups excluding carboxylic acids is 1.